The molecular formula is C20H19NO3S. The number of benzene rings is 2. The van der Waals surface area contributed by atoms with E-state index in [-0.39, 0.29) is 6.42 Å². The van der Waals surface area contributed by atoms with Crippen molar-refractivity contribution in [3.05, 3.63) is 59.1 Å². The average molecular weight is 353 g/mol. The van der Waals surface area contributed by atoms with Gasteiger partial charge in [0.25, 0.3) is 0 Å². The largest absolute Gasteiger partial charge is 0.493 e. The van der Waals surface area contributed by atoms with Gasteiger partial charge in [-0.1, -0.05) is 30.3 Å². The summed E-state index contributed by atoms with van der Waals surface area (Å²) < 4.78 is 6.77. The molecule has 0 aliphatic carbocycles. The SMILES string of the molecule is CCOc1ccccc1/C=C(\CCC(=O)O)c1nc2ccccc2s1. The standard InChI is InChI=1S/C20H19NO3S/c1-2-24-17-9-5-3-7-14(17)13-15(11-12-19(22)23)20-21-16-8-4-6-10-18(16)25-20/h3-10,13H,2,11-12H2,1H3,(H,22,23)/b15-13+. The number of thiazole rings is 1. The molecule has 0 radical (unpaired) electrons. The summed E-state index contributed by atoms with van der Waals surface area (Å²) in [6.07, 6.45) is 2.49. The van der Waals surface area contributed by atoms with Crippen LogP contribution in [0.4, 0.5) is 0 Å². The minimum Gasteiger partial charge on any atom is -0.493 e. The number of para-hydroxylation sites is 2. The highest BCUT2D eigenvalue weighted by Crippen LogP contribution is 2.32. The monoisotopic (exact) mass is 353 g/mol. The topological polar surface area (TPSA) is 59.4 Å². The molecule has 0 spiro atoms. The molecule has 0 unspecified atom stereocenters. The van der Waals surface area contributed by atoms with Gasteiger partial charge in [-0.15, -0.1) is 11.3 Å². The summed E-state index contributed by atoms with van der Waals surface area (Å²) in [4.78, 5) is 15.7. The summed E-state index contributed by atoms with van der Waals surface area (Å²) in [5.74, 6) is -0.0240. The first-order valence-electron chi connectivity index (χ1n) is 8.17. The Labute approximate surface area is 150 Å². The molecule has 2 aromatic carbocycles. The molecule has 5 heteroatoms. The second kappa shape index (κ2) is 7.94. The van der Waals surface area contributed by atoms with Crippen LogP contribution < -0.4 is 4.74 Å². The molecule has 4 nitrogen and oxygen atoms in total. The Hall–Kier alpha value is -2.66. The van der Waals surface area contributed by atoms with Gasteiger partial charge in [0.2, 0.25) is 0 Å². The predicted molar refractivity (Wildman–Crippen MR) is 102 cm³/mol. The molecule has 1 heterocycles. The fraction of sp³-hybridized carbons (Fsp3) is 0.200. The van der Waals surface area contributed by atoms with Crippen molar-refractivity contribution in [3.8, 4) is 5.75 Å². The zero-order valence-corrected chi connectivity index (χ0v) is 14.8. The highest BCUT2D eigenvalue weighted by molar-refractivity contribution is 7.19. The molecule has 3 aromatic rings. The van der Waals surface area contributed by atoms with Crippen molar-refractivity contribution in [2.75, 3.05) is 6.61 Å². The number of carbonyl (C=O) groups is 1. The summed E-state index contributed by atoms with van der Waals surface area (Å²) in [5, 5.41) is 9.94. The summed E-state index contributed by atoms with van der Waals surface area (Å²) in [6.45, 7) is 2.52. The third-order valence-electron chi connectivity index (χ3n) is 3.73. The van der Waals surface area contributed by atoms with E-state index in [2.05, 4.69) is 4.98 Å². The maximum atomic E-state index is 11.1. The minimum absolute atomic E-state index is 0.0680. The van der Waals surface area contributed by atoms with E-state index in [4.69, 9.17) is 9.84 Å². The highest BCUT2D eigenvalue weighted by Gasteiger charge is 2.12. The smallest absolute Gasteiger partial charge is 0.303 e. The first-order valence-corrected chi connectivity index (χ1v) is 8.99. The molecule has 0 saturated carbocycles. The molecule has 25 heavy (non-hydrogen) atoms. The summed E-state index contributed by atoms with van der Waals surface area (Å²) in [7, 11) is 0. The van der Waals surface area contributed by atoms with Gasteiger partial charge in [-0.25, -0.2) is 4.98 Å². The summed E-state index contributed by atoms with van der Waals surface area (Å²) in [6, 6.07) is 15.7. The average Bonchev–Trinajstić information content (AvgIpc) is 3.04. The second-order valence-electron chi connectivity index (χ2n) is 5.52. The van der Waals surface area contributed by atoms with Crippen LogP contribution in [0.3, 0.4) is 0 Å². The van der Waals surface area contributed by atoms with Crippen LogP contribution in [0.25, 0.3) is 21.9 Å². The normalized spacial score (nSPS) is 11.6. The lowest BCUT2D eigenvalue weighted by Gasteiger charge is -2.09. The van der Waals surface area contributed by atoms with Crippen molar-refractivity contribution < 1.29 is 14.6 Å². The van der Waals surface area contributed by atoms with Crippen LogP contribution in [0.15, 0.2) is 48.5 Å². The zero-order valence-electron chi connectivity index (χ0n) is 13.9. The van der Waals surface area contributed by atoms with Gasteiger partial charge in [-0.05, 0) is 43.2 Å². The second-order valence-corrected chi connectivity index (χ2v) is 6.55. The van der Waals surface area contributed by atoms with Crippen molar-refractivity contribution in [1.29, 1.82) is 0 Å². The Morgan fingerprint density at radius 3 is 2.68 bits per heavy atom. The van der Waals surface area contributed by atoms with Gasteiger partial charge in [-0.3, -0.25) is 4.79 Å². The van der Waals surface area contributed by atoms with Gasteiger partial charge in [0.15, 0.2) is 0 Å². The number of hydrogen-bond acceptors (Lipinski definition) is 4. The maximum absolute atomic E-state index is 11.1. The van der Waals surface area contributed by atoms with Gasteiger partial charge in [-0.2, -0.15) is 0 Å². The number of hydrogen-bond donors (Lipinski definition) is 1. The third kappa shape index (κ3) is 4.25. The maximum Gasteiger partial charge on any atom is 0.303 e. The number of ether oxygens (including phenoxy) is 1. The highest BCUT2D eigenvalue weighted by atomic mass is 32.1. The summed E-state index contributed by atoms with van der Waals surface area (Å²) in [5.41, 5.74) is 2.78. The van der Waals surface area contributed by atoms with E-state index >= 15 is 0 Å². The van der Waals surface area contributed by atoms with Crippen LogP contribution in [0.1, 0.15) is 30.3 Å². The first-order chi connectivity index (χ1) is 12.2. The zero-order chi connectivity index (χ0) is 17.6. The van der Waals surface area contributed by atoms with E-state index in [0.717, 1.165) is 32.1 Å². The van der Waals surface area contributed by atoms with E-state index in [9.17, 15) is 4.79 Å². The van der Waals surface area contributed by atoms with Gasteiger partial charge in [0, 0.05) is 12.0 Å². The van der Waals surface area contributed by atoms with Crippen molar-refractivity contribution in [2.45, 2.75) is 19.8 Å². The van der Waals surface area contributed by atoms with Crippen molar-refractivity contribution in [1.82, 2.24) is 4.98 Å². The third-order valence-corrected chi connectivity index (χ3v) is 4.84. The predicted octanol–water partition coefficient (Wildman–Crippen LogP) is 5.10. The fourth-order valence-electron chi connectivity index (χ4n) is 2.57. The Morgan fingerprint density at radius 2 is 1.92 bits per heavy atom. The lowest BCUT2D eigenvalue weighted by Crippen LogP contribution is -1.97. The lowest BCUT2D eigenvalue weighted by molar-refractivity contribution is -0.136. The molecular weight excluding hydrogens is 334 g/mol. The van der Waals surface area contributed by atoms with Crippen LogP contribution in [0.2, 0.25) is 0 Å². The number of carboxylic acids is 1. The van der Waals surface area contributed by atoms with Gasteiger partial charge < -0.3 is 9.84 Å². The van der Waals surface area contributed by atoms with Crippen LogP contribution in [0, 0.1) is 0 Å². The molecule has 3 rings (SSSR count). The number of allylic oxidation sites excluding steroid dienone is 1. The van der Waals surface area contributed by atoms with E-state index < -0.39 is 5.97 Å². The summed E-state index contributed by atoms with van der Waals surface area (Å²) >= 11 is 1.58. The number of rotatable bonds is 7. The van der Waals surface area contributed by atoms with Crippen molar-refractivity contribution in [3.63, 3.8) is 0 Å². The number of carboxylic acid groups (broad SMARTS) is 1. The van der Waals surface area contributed by atoms with Crippen molar-refractivity contribution >= 4 is 39.2 Å². The number of aromatic nitrogens is 1. The Morgan fingerprint density at radius 1 is 1.16 bits per heavy atom. The van der Waals surface area contributed by atoms with E-state index in [0.29, 0.717) is 13.0 Å². The molecule has 0 aliphatic heterocycles. The molecule has 0 bridgehead atoms. The Bertz CT molecular complexity index is 881. The van der Waals surface area contributed by atoms with Crippen LogP contribution in [-0.2, 0) is 4.79 Å². The van der Waals surface area contributed by atoms with Gasteiger partial charge >= 0.3 is 5.97 Å². The number of fused-ring (bicyclic) bond motifs is 1. The van der Waals surface area contributed by atoms with Crippen molar-refractivity contribution in [2.24, 2.45) is 0 Å². The first kappa shape index (κ1) is 17.2. The lowest BCUT2D eigenvalue weighted by atomic mass is 10.1. The molecule has 1 aromatic heterocycles. The fourth-order valence-corrected chi connectivity index (χ4v) is 3.58. The number of aliphatic carboxylic acids is 1. The van der Waals surface area contributed by atoms with Crippen LogP contribution >= 0.6 is 11.3 Å². The molecule has 0 fully saturated rings. The van der Waals surface area contributed by atoms with Gasteiger partial charge in [0.05, 0.1) is 16.8 Å². The molecule has 0 aliphatic rings. The van der Waals surface area contributed by atoms with E-state index in [1.165, 1.54) is 0 Å². The molecule has 0 atom stereocenters. The molecule has 0 saturated heterocycles. The van der Waals surface area contributed by atoms with Gasteiger partial charge in [0.1, 0.15) is 10.8 Å². The van der Waals surface area contributed by atoms with E-state index in [1.54, 1.807) is 11.3 Å². The molecule has 0 amide bonds. The van der Waals surface area contributed by atoms with Crippen LogP contribution in [0.5, 0.6) is 5.75 Å². The Kier molecular flexibility index (Phi) is 5.46. The Balaban J connectivity index is 2.03. The minimum atomic E-state index is -0.815. The van der Waals surface area contributed by atoms with E-state index in [1.807, 2.05) is 61.5 Å². The number of nitrogens with zero attached hydrogens (tertiary/aromatic N) is 1. The molecule has 1 N–H and O–H groups in total. The quantitative estimate of drug-likeness (QED) is 0.642. The molecule has 128 valence electrons. The van der Waals surface area contributed by atoms with Crippen LogP contribution in [-0.4, -0.2) is 22.7 Å².